The van der Waals surface area contributed by atoms with Crippen molar-refractivity contribution >= 4 is 21.8 Å². The first kappa shape index (κ1) is 15.7. The fourth-order valence-electron chi connectivity index (χ4n) is 2.02. The molecule has 0 saturated carbocycles. The largest absolute Gasteiger partial charge is 0.333 e. The molecule has 110 valence electrons. The standard InChI is InChI=1S/C16H16BrFN2O/c17-14-10-13(6-7-15(14)18)16(21)20(9-8-19)11-12-4-2-1-3-5-12/h1-7,10H,8-9,11,19H2. The molecule has 0 aliphatic carbocycles. The summed E-state index contributed by atoms with van der Waals surface area (Å²) in [6, 6.07) is 13.9. The minimum Gasteiger partial charge on any atom is -0.333 e. The predicted molar refractivity (Wildman–Crippen MR) is 84.3 cm³/mol. The second kappa shape index (κ2) is 7.33. The van der Waals surface area contributed by atoms with Crippen molar-refractivity contribution in [1.29, 1.82) is 0 Å². The van der Waals surface area contributed by atoms with Crippen LogP contribution in [-0.4, -0.2) is 23.9 Å². The van der Waals surface area contributed by atoms with E-state index in [4.69, 9.17) is 5.73 Å². The quantitative estimate of drug-likeness (QED) is 0.899. The van der Waals surface area contributed by atoms with Crippen LogP contribution < -0.4 is 5.73 Å². The minimum atomic E-state index is -0.389. The lowest BCUT2D eigenvalue weighted by molar-refractivity contribution is 0.0748. The van der Waals surface area contributed by atoms with E-state index in [2.05, 4.69) is 15.9 Å². The Balaban J connectivity index is 2.20. The first-order valence-corrected chi connectivity index (χ1v) is 7.39. The number of nitrogens with zero attached hydrogens (tertiary/aromatic N) is 1. The summed E-state index contributed by atoms with van der Waals surface area (Å²) in [4.78, 5) is 14.2. The number of hydrogen-bond acceptors (Lipinski definition) is 2. The van der Waals surface area contributed by atoms with Crippen LogP contribution in [0.4, 0.5) is 4.39 Å². The van der Waals surface area contributed by atoms with Crippen molar-refractivity contribution in [3.63, 3.8) is 0 Å². The van der Waals surface area contributed by atoms with Crippen molar-refractivity contribution in [2.45, 2.75) is 6.54 Å². The number of nitrogens with two attached hydrogens (primary N) is 1. The summed E-state index contributed by atoms with van der Waals surface area (Å²) in [6.45, 7) is 1.30. The maximum atomic E-state index is 13.3. The van der Waals surface area contributed by atoms with E-state index in [1.165, 1.54) is 18.2 Å². The monoisotopic (exact) mass is 350 g/mol. The molecule has 1 amide bonds. The predicted octanol–water partition coefficient (Wildman–Crippen LogP) is 3.19. The zero-order valence-corrected chi connectivity index (χ0v) is 13.0. The number of benzene rings is 2. The zero-order valence-electron chi connectivity index (χ0n) is 11.4. The number of hydrogen-bond donors (Lipinski definition) is 1. The molecule has 0 saturated heterocycles. The summed E-state index contributed by atoms with van der Waals surface area (Å²) in [5, 5.41) is 0. The number of rotatable bonds is 5. The Hall–Kier alpha value is -1.72. The number of carbonyl (C=O) groups excluding carboxylic acids is 1. The van der Waals surface area contributed by atoms with Crippen molar-refractivity contribution < 1.29 is 9.18 Å². The van der Waals surface area contributed by atoms with Crippen molar-refractivity contribution in [3.8, 4) is 0 Å². The van der Waals surface area contributed by atoms with Crippen LogP contribution >= 0.6 is 15.9 Å². The number of amides is 1. The fraction of sp³-hybridized carbons (Fsp3) is 0.188. The topological polar surface area (TPSA) is 46.3 Å². The molecule has 0 radical (unpaired) electrons. The number of halogens is 2. The highest BCUT2D eigenvalue weighted by Crippen LogP contribution is 2.18. The smallest absolute Gasteiger partial charge is 0.254 e. The van der Waals surface area contributed by atoms with Gasteiger partial charge in [0.15, 0.2) is 0 Å². The van der Waals surface area contributed by atoms with Gasteiger partial charge in [0.2, 0.25) is 0 Å². The van der Waals surface area contributed by atoms with Gasteiger partial charge < -0.3 is 10.6 Å². The molecule has 0 aromatic heterocycles. The van der Waals surface area contributed by atoms with E-state index in [0.717, 1.165) is 5.56 Å². The highest BCUT2D eigenvalue weighted by Gasteiger charge is 2.16. The molecule has 2 rings (SSSR count). The van der Waals surface area contributed by atoms with E-state index in [0.29, 0.717) is 25.2 Å². The highest BCUT2D eigenvalue weighted by atomic mass is 79.9. The van der Waals surface area contributed by atoms with Crippen LogP contribution in [0.15, 0.2) is 53.0 Å². The Bertz CT molecular complexity index is 619. The maximum absolute atomic E-state index is 13.3. The lowest BCUT2D eigenvalue weighted by atomic mass is 10.1. The average molecular weight is 351 g/mol. The minimum absolute atomic E-state index is 0.162. The van der Waals surface area contributed by atoms with Crippen LogP contribution in [0.5, 0.6) is 0 Å². The summed E-state index contributed by atoms with van der Waals surface area (Å²) in [5.74, 6) is -0.551. The molecule has 0 unspecified atom stereocenters. The molecule has 3 nitrogen and oxygen atoms in total. The van der Waals surface area contributed by atoms with Crippen LogP contribution in [0, 0.1) is 5.82 Å². The maximum Gasteiger partial charge on any atom is 0.254 e. The molecular weight excluding hydrogens is 335 g/mol. The molecule has 0 aliphatic rings. The molecule has 0 atom stereocenters. The summed E-state index contributed by atoms with van der Waals surface area (Å²) < 4.78 is 13.5. The van der Waals surface area contributed by atoms with Gasteiger partial charge in [-0.2, -0.15) is 0 Å². The Morgan fingerprint density at radius 1 is 1.19 bits per heavy atom. The average Bonchev–Trinajstić information content (AvgIpc) is 2.50. The summed E-state index contributed by atoms with van der Waals surface area (Å²) >= 11 is 3.10. The van der Waals surface area contributed by atoms with Crippen molar-refractivity contribution in [2.24, 2.45) is 5.73 Å². The SMILES string of the molecule is NCCN(Cc1ccccc1)C(=O)c1ccc(F)c(Br)c1. The van der Waals surface area contributed by atoms with Gasteiger partial charge in [-0.25, -0.2) is 4.39 Å². The molecule has 5 heteroatoms. The molecule has 0 bridgehead atoms. The van der Waals surface area contributed by atoms with E-state index in [1.807, 2.05) is 30.3 Å². The Morgan fingerprint density at radius 2 is 1.90 bits per heavy atom. The van der Waals surface area contributed by atoms with Crippen LogP contribution in [0.25, 0.3) is 0 Å². The molecule has 0 aliphatic heterocycles. The molecule has 0 heterocycles. The van der Waals surface area contributed by atoms with Gasteiger partial charge in [0, 0.05) is 25.2 Å². The van der Waals surface area contributed by atoms with Gasteiger partial charge in [-0.3, -0.25) is 4.79 Å². The molecule has 2 aromatic carbocycles. The van der Waals surface area contributed by atoms with E-state index >= 15 is 0 Å². The van der Waals surface area contributed by atoms with Crippen LogP contribution in [-0.2, 0) is 6.54 Å². The van der Waals surface area contributed by atoms with E-state index < -0.39 is 0 Å². The third kappa shape index (κ3) is 4.12. The van der Waals surface area contributed by atoms with Crippen LogP contribution in [0.3, 0.4) is 0 Å². The van der Waals surface area contributed by atoms with Gasteiger partial charge in [-0.1, -0.05) is 30.3 Å². The van der Waals surface area contributed by atoms with Gasteiger partial charge in [-0.05, 0) is 39.7 Å². The summed E-state index contributed by atoms with van der Waals surface area (Å²) in [7, 11) is 0. The van der Waals surface area contributed by atoms with Crippen LogP contribution in [0.2, 0.25) is 0 Å². The van der Waals surface area contributed by atoms with Crippen LogP contribution in [0.1, 0.15) is 15.9 Å². The lowest BCUT2D eigenvalue weighted by Crippen LogP contribution is -2.34. The second-order valence-electron chi connectivity index (χ2n) is 4.63. The number of carbonyl (C=O) groups is 1. The first-order chi connectivity index (χ1) is 10.1. The van der Waals surface area contributed by atoms with Gasteiger partial charge >= 0.3 is 0 Å². The van der Waals surface area contributed by atoms with Crippen molar-refractivity contribution in [1.82, 2.24) is 4.90 Å². The normalized spacial score (nSPS) is 10.4. The Labute approximate surface area is 131 Å². The molecule has 2 N–H and O–H groups in total. The van der Waals surface area contributed by atoms with Gasteiger partial charge in [-0.15, -0.1) is 0 Å². The second-order valence-corrected chi connectivity index (χ2v) is 5.48. The molecular formula is C16H16BrFN2O. The molecule has 21 heavy (non-hydrogen) atoms. The lowest BCUT2D eigenvalue weighted by Gasteiger charge is -2.22. The molecule has 0 spiro atoms. The zero-order chi connectivity index (χ0) is 15.2. The Morgan fingerprint density at radius 3 is 2.52 bits per heavy atom. The third-order valence-corrected chi connectivity index (χ3v) is 3.68. The summed E-state index contributed by atoms with van der Waals surface area (Å²) in [5.41, 5.74) is 7.06. The van der Waals surface area contributed by atoms with E-state index in [1.54, 1.807) is 4.90 Å². The van der Waals surface area contributed by atoms with E-state index in [-0.39, 0.29) is 16.2 Å². The third-order valence-electron chi connectivity index (χ3n) is 3.07. The molecule has 0 fully saturated rings. The fourth-order valence-corrected chi connectivity index (χ4v) is 2.40. The van der Waals surface area contributed by atoms with Crippen molar-refractivity contribution in [3.05, 3.63) is 69.9 Å². The van der Waals surface area contributed by atoms with Gasteiger partial charge in [0.25, 0.3) is 5.91 Å². The van der Waals surface area contributed by atoms with Gasteiger partial charge in [0.1, 0.15) is 5.82 Å². The van der Waals surface area contributed by atoms with Gasteiger partial charge in [0.05, 0.1) is 4.47 Å². The summed E-state index contributed by atoms with van der Waals surface area (Å²) in [6.07, 6.45) is 0. The van der Waals surface area contributed by atoms with Crippen molar-refractivity contribution in [2.75, 3.05) is 13.1 Å². The highest BCUT2D eigenvalue weighted by molar-refractivity contribution is 9.10. The van der Waals surface area contributed by atoms with E-state index in [9.17, 15) is 9.18 Å². The Kier molecular flexibility index (Phi) is 5.47. The molecule has 2 aromatic rings. The first-order valence-electron chi connectivity index (χ1n) is 6.60.